The van der Waals surface area contributed by atoms with Crippen molar-refractivity contribution in [3.05, 3.63) is 23.7 Å². The van der Waals surface area contributed by atoms with Crippen LogP contribution in [0, 0.1) is 0 Å². The van der Waals surface area contributed by atoms with E-state index in [9.17, 15) is 4.79 Å². The number of furan rings is 1. The highest BCUT2D eigenvalue weighted by Gasteiger charge is 2.27. The first kappa shape index (κ1) is 16.0. The third-order valence-corrected chi connectivity index (χ3v) is 3.84. The molecule has 1 aliphatic rings. The van der Waals surface area contributed by atoms with Crippen LogP contribution in [-0.4, -0.2) is 56.3 Å². The van der Waals surface area contributed by atoms with Gasteiger partial charge in [-0.3, -0.25) is 14.5 Å². The molecule has 118 valence electrons. The molecule has 0 saturated carbocycles. The summed E-state index contributed by atoms with van der Waals surface area (Å²) in [7, 11) is 3.11. The van der Waals surface area contributed by atoms with Crippen LogP contribution in [0.4, 0.5) is 0 Å². The van der Waals surface area contributed by atoms with E-state index < -0.39 is 0 Å². The minimum Gasteiger partial charge on any atom is -0.464 e. The van der Waals surface area contributed by atoms with Crippen molar-refractivity contribution in [1.82, 2.24) is 9.96 Å². The van der Waals surface area contributed by atoms with Crippen LogP contribution in [0.1, 0.15) is 30.9 Å². The van der Waals surface area contributed by atoms with Crippen LogP contribution in [0.5, 0.6) is 0 Å². The topological polar surface area (TPSA) is 55.2 Å². The zero-order valence-electron chi connectivity index (χ0n) is 13.0. The lowest BCUT2D eigenvalue weighted by atomic mass is 10.1. The van der Waals surface area contributed by atoms with Gasteiger partial charge in [0.25, 0.3) is 0 Å². The highest BCUT2D eigenvalue weighted by molar-refractivity contribution is 5.74. The summed E-state index contributed by atoms with van der Waals surface area (Å²) in [5.74, 6) is 1.86. The average molecular weight is 296 g/mol. The molecule has 0 bridgehead atoms. The van der Waals surface area contributed by atoms with Gasteiger partial charge in [0.05, 0.1) is 26.4 Å². The summed E-state index contributed by atoms with van der Waals surface area (Å²) in [6.45, 7) is 4.83. The summed E-state index contributed by atoms with van der Waals surface area (Å²) in [4.78, 5) is 19.0. The summed E-state index contributed by atoms with van der Waals surface area (Å²) in [6, 6.07) is 4.10. The Bertz CT molecular complexity index is 460. The minimum absolute atomic E-state index is 0.0311. The molecular weight excluding hydrogens is 272 g/mol. The molecule has 0 aromatic carbocycles. The van der Waals surface area contributed by atoms with E-state index in [4.69, 9.17) is 14.0 Å². The first-order valence-corrected chi connectivity index (χ1v) is 7.36. The second-order valence-corrected chi connectivity index (χ2v) is 5.11. The maximum Gasteiger partial charge on any atom is 0.247 e. The first-order valence-electron chi connectivity index (χ1n) is 7.36. The van der Waals surface area contributed by atoms with Crippen molar-refractivity contribution in [3.63, 3.8) is 0 Å². The molecule has 21 heavy (non-hydrogen) atoms. The zero-order chi connectivity index (χ0) is 15.2. The number of carbonyl (C=O) groups is 1. The molecule has 6 nitrogen and oxygen atoms in total. The van der Waals surface area contributed by atoms with Crippen molar-refractivity contribution in [3.8, 4) is 0 Å². The van der Waals surface area contributed by atoms with Gasteiger partial charge in [0.15, 0.2) is 0 Å². The number of hydroxylamine groups is 2. The Morgan fingerprint density at radius 1 is 1.52 bits per heavy atom. The van der Waals surface area contributed by atoms with Gasteiger partial charge in [0.2, 0.25) is 5.91 Å². The van der Waals surface area contributed by atoms with E-state index in [1.54, 1.807) is 7.05 Å². The third-order valence-electron chi connectivity index (χ3n) is 3.84. The van der Waals surface area contributed by atoms with Crippen LogP contribution in [0.2, 0.25) is 0 Å². The second kappa shape index (κ2) is 7.59. The molecule has 1 aromatic heterocycles. The lowest BCUT2D eigenvalue weighted by Crippen LogP contribution is -2.41. The molecule has 1 fully saturated rings. The molecule has 2 heterocycles. The monoisotopic (exact) mass is 296 g/mol. The molecule has 0 unspecified atom stereocenters. The summed E-state index contributed by atoms with van der Waals surface area (Å²) >= 11 is 0. The van der Waals surface area contributed by atoms with Gasteiger partial charge in [-0.15, -0.1) is 0 Å². The number of carbonyl (C=O) groups excluding carboxylic acids is 1. The Hall–Kier alpha value is -1.37. The van der Waals surface area contributed by atoms with E-state index >= 15 is 0 Å². The number of morpholine rings is 1. The van der Waals surface area contributed by atoms with Crippen LogP contribution in [0.25, 0.3) is 0 Å². The number of hydrogen-bond acceptors (Lipinski definition) is 5. The lowest BCUT2D eigenvalue weighted by molar-refractivity contribution is -0.169. The molecule has 0 radical (unpaired) electrons. The highest BCUT2D eigenvalue weighted by Crippen LogP contribution is 2.26. The van der Waals surface area contributed by atoms with Gasteiger partial charge in [-0.05, 0) is 12.1 Å². The summed E-state index contributed by atoms with van der Waals surface area (Å²) < 4.78 is 11.4. The third kappa shape index (κ3) is 4.06. The van der Waals surface area contributed by atoms with Gasteiger partial charge in [0, 0.05) is 33.0 Å². The number of rotatable bonds is 6. The van der Waals surface area contributed by atoms with Crippen molar-refractivity contribution in [2.45, 2.75) is 25.8 Å². The Kier molecular flexibility index (Phi) is 5.78. The van der Waals surface area contributed by atoms with Gasteiger partial charge in [-0.1, -0.05) is 6.92 Å². The fourth-order valence-electron chi connectivity index (χ4n) is 2.43. The Morgan fingerprint density at radius 2 is 2.33 bits per heavy atom. The van der Waals surface area contributed by atoms with Gasteiger partial charge in [-0.2, -0.15) is 0 Å². The minimum atomic E-state index is -0.0311. The molecule has 6 heteroatoms. The Balaban J connectivity index is 1.97. The number of ether oxygens (including phenoxy) is 1. The smallest absolute Gasteiger partial charge is 0.247 e. The van der Waals surface area contributed by atoms with Crippen LogP contribution >= 0.6 is 0 Å². The van der Waals surface area contributed by atoms with Crippen LogP contribution in [-0.2, 0) is 20.8 Å². The molecule has 0 N–H and O–H groups in total. The Labute approximate surface area is 125 Å². The molecule has 2 rings (SSSR count). The maximum atomic E-state index is 11.8. The van der Waals surface area contributed by atoms with Crippen LogP contribution in [0.15, 0.2) is 16.5 Å². The van der Waals surface area contributed by atoms with Crippen molar-refractivity contribution in [2.75, 3.05) is 40.5 Å². The number of amides is 1. The second-order valence-electron chi connectivity index (χ2n) is 5.11. The predicted molar refractivity (Wildman–Crippen MR) is 77.6 cm³/mol. The fraction of sp³-hybridized carbons (Fsp3) is 0.667. The summed E-state index contributed by atoms with van der Waals surface area (Å²) in [6.07, 6.45) is 1.30. The number of aryl methyl sites for hydroxylation is 1. The summed E-state index contributed by atoms with van der Waals surface area (Å²) in [5, 5.41) is 1.26. The highest BCUT2D eigenvalue weighted by atomic mass is 16.7. The van der Waals surface area contributed by atoms with E-state index in [1.807, 2.05) is 12.1 Å². The van der Waals surface area contributed by atoms with E-state index in [-0.39, 0.29) is 11.9 Å². The van der Waals surface area contributed by atoms with Crippen molar-refractivity contribution in [1.29, 1.82) is 0 Å². The van der Waals surface area contributed by atoms with E-state index in [0.29, 0.717) is 26.2 Å². The van der Waals surface area contributed by atoms with E-state index in [2.05, 4.69) is 11.8 Å². The van der Waals surface area contributed by atoms with Gasteiger partial charge < -0.3 is 9.15 Å². The molecule has 0 spiro atoms. The molecule has 1 atom stereocenters. The fourth-order valence-corrected chi connectivity index (χ4v) is 2.43. The summed E-state index contributed by atoms with van der Waals surface area (Å²) in [5.41, 5.74) is 0. The molecular formula is C15H24N2O4. The van der Waals surface area contributed by atoms with Gasteiger partial charge in [0.1, 0.15) is 11.5 Å². The molecule has 1 aromatic rings. The molecule has 0 aliphatic carbocycles. The molecule has 1 aliphatic heterocycles. The van der Waals surface area contributed by atoms with Crippen LogP contribution < -0.4 is 0 Å². The van der Waals surface area contributed by atoms with E-state index in [0.717, 1.165) is 24.5 Å². The van der Waals surface area contributed by atoms with Crippen molar-refractivity contribution >= 4 is 5.91 Å². The SMILES string of the molecule is CCc1ccc([C@H]2COCCN2CCC(=O)N(C)OC)o1. The first-order chi connectivity index (χ1) is 10.2. The standard InChI is InChI=1S/C15H24N2O4/c1-4-12-5-6-14(21-12)13-11-20-10-9-17(13)8-7-15(18)16(2)19-3/h5-6,13H,4,7-11H2,1-3H3/t13-/m1/s1. The van der Waals surface area contributed by atoms with E-state index in [1.165, 1.54) is 12.2 Å². The normalized spacial score (nSPS) is 19.7. The van der Waals surface area contributed by atoms with Gasteiger partial charge in [-0.25, -0.2) is 5.06 Å². The van der Waals surface area contributed by atoms with Crippen LogP contribution in [0.3, 0.4) is 0 Å². The Morgan fingerprint density at radius 3 is 3.00 bits per heavy atom. The zero-order valence-corrected chi connectivity index (χ0v) is 13.0. The largest absolute Gasteiger partial charge is 0.464 e. The quantitative estimate of drug-likeness (QED) is 0.747. The average Bonchev–Trinajstić information content (AvgIpc) is 3.00. The van der Waals surface area contributed by atoms with Crippen molar-refractivity contribution in [2.24, 2.45) is 0 Å². The number of hydrogen-bond donors (Lipinski definition) is 0. The number of nitrogens with zero attached hydrogens (tertiary/aromatic N) is 2. The predicted octanol–water partition coefficient (Wildman–Crippen LogP) is 1.63. The molecule has 1 amide bonds. The lowest BCUT2D eigenvalue weighted by Gasteiger charge is -2.34. The van der Waals surface area contributed by atoms with Crippen molar-refractivity contribution < 1.29 is 18.8 Å². The maximum absolute atomic E-state index is 11.8. The molecule has 1 saturated heterocycles. The van der Waals surface area contributed by atoms with Gasteiger partial charge >= 0.3 is 0 Å².